The number of fused-ring (bicyclic) bond motifs is 2. The van der Waals surface area contributed by atoms with Crippen LogP contribution in [0.5, 0.6) is 0 Å². The summed E-state index contributed by atoms with van der Waals surface area (Å²) in [6, 6.07) is 0. The second-order valence-electron chi connectivity index (χ2n) is 4.78. The van der Waals surface area contributed by atoms with E-state index in [2.05, 4.69) is 28.0 Å². The van der Waals surface area contributed by atoms with Crippen molar-refractivity contribution in [2.45, 2.75) is 38.5 Å². The average Bonchev–Trinajstić information content (AvgIpc) is 2.75. The van der Waals surface area contributed by atoms with Gasteiger partial charge < -0.3 is 4.52 Å². The summed E-state index contributed by atoms with van der Waals surface area (Å²) in [5, 5.41) is 0. The highest BCUT2D eigenvalue weighted by Crippen LogP contribution is 2.62. The van der Waals surface area contributed by atoms with Crippen LogP contribution in [0.4, 0.5) is 0 Å². The highest BCUT2D eigenvalue weighted by Gasteiger charge is 2.52. The summed E-state index contributed by atoms with van der Waals surface area (Å²) in [7, 11) is 0. The first kappa shape index (κ1) is 11.2. The fourth-order valence-corrected chi connectivity index (χ4v) is 4.01. The van der Waals surface area contributed by atoms with Crippen molar-refractivity contribution in [1.82, 2.24) is 0 Å². The molecule has 1 atom stereocenters. The molecule has 2 bridgehead atoms. The van der Waals surface area contributed by atoms with Gasteiger partial charge in [-0.15, -0.1) is 6.42 Å². The Bertz CT molecular complexity index is 251. The van der Waals surface area contributed by atoms with Crippen LogP contribution in [0.2, 0.25) is 0 Å². The van der Waals surface area contributed by atoms with Crippen molar-refractivity contribution in [3.8, 4) is 12.3 Å². The van der Waals surface area contributed by atoms with E-state index in [1.807, 2.05) is 0 Å². The highest BCUT2D eigenvalue weighted by molar-refractivity contribution is 14.2. The summed E-state index contributed by atoms with van der Waals surface area (Å²) in [5.41, 5.74) is 0.843. The maximum absolute atomic E-state index is 5.64. The SMILES string of the molecule is C#CC12CCC(CCOPI)(CC1)C2. The van der Waals surface area contributed by atoms with Crippen molar-refractivity contribution >= 4 is 28.5 Å². The van der Waals surface area contributed by atoms with Gasteiger partial charge >= 0.3 is 0 Å². The first-order chi connectivity index (χ1) is 6.74. The van der Waals surface area contributed by atoms with Crippen LogP contribution in [0.1, 0.15) is 38.5 Å². The molecule has 0 aromatic carbocycles. The minimum atomic E-state index is 0.284. The third-order valence-corrected chi connectivity index (χ3v) is 5.32. The lowest BCUT2D eigenvalue weighted by atomic mass is 9.81. The molecule has 2 rings (SSSR count). The van der Waals surface area contributed by atoms with Crippen molar-refractivity contribution in [3.63, 3.8) is 0 Å². The van der Waals surface area contributed by atoms with E-state index < -0.39 is 0 Å². The van der Waals surface area contributed by atoms with Gasteiger partial charge in [0.25, 0.3) is 0 Å². The minimum Gasteiger partial charge on any atom is -0.352 e. The zero-order valence-corrected chi connectivity index (χ0v) is 11.5. The average molecular weight is 322 g/mol. The van der Waals surface area contributed by atoms with Crippen LogP contribution in [0.15, 0.2) is 0 Å². The summed E-state index contributed by atoms with van der Waals surface area (Å²) in [6.45, 7) is 1.54. The van der Waals surface area contributed by atoms with Gasteiger partial charge in [-0.1, -0.05) is 5.92 Å². The van der Waals surface area contributed by atoms with Crippen molar-refractivity contribution in [3.05, 3.63) is 0 Å². The Labute approximate surface area is 101 Å². The molecule has 0 aromatic heterocycles. The van der Waals surface area contributed by atoms with Gasteiger partial charge in [0.1, 0.15) is 0 Å². The van der Waals surface area contributed by atoms with Gasteiger partial charge in [-0.05, 0) is 66.0 Å². The van der Waals surface area contributed by atoms with E-state index in [9.17, 15) is 0 Å². The molecule has 2 saturated carbocycles. The Morgan fingerprint density at radius 2 is 2.07 bits per heavy atom. The molecular weight excluding hydrogens is 306 g/mol. The maximum atomic E-state index is 5.64. The Kier molecular flexibility index (Phi) is 3.41. The third kappa shape index (κ3) is 1.96. The van der Waals surface area contributed by atoms with E-state index in [-0.39, 0.29) is 5.41 Å². The van der Waals surface area contributed by atoms with E-state index in [0.29, 0.717) is 11.9 Å². The molecule has 14 heavy (non-hydrogen) atoms. The van der Waals surface area contributed by atoms with Crippen molar-refractivity contribution < 1.29 is 4.52 Å². The van der Waals surface area contributed by atoms with Gasteiger partial charge in [-0.3, -0.25) is 0 Å². The summed E-state index contributed by atoms with van der Waals surface area (Å²) in [4.78, 5) is 0. The van der Waals surface area contributed by atoms with E-state index in [1.54, 1.807) is 0 Å². The summed E-state index contributed by atoms with van der Waals surface area (Å²) >= 11 is 2.28. The lowest BCUT2D eigenvalue weighted by Gasteiger charge is -2.25. The number of hydrogen-bond acceptors (Lipinski definition) is 1. The van der Waals surface area contributed by atoms with Crippen LogP contribution < -0.4 is 0 Å². The Morgan fingerprint density at radius 3 is 2.57 bits per heavy atom. The fourth-order valence-electron chi connectivity index (χ4n) is 3.17. The molecule has 0 amide bonds. The van der Waals surface area contributed by atoms with Crippen LogP contribution in [0.3, 0.4) is 0 Å². The molecule has 0 spiro atoms. The molecule has 78 valence electrons. The van der Waals surface area contributed by atoms with E-state index in [0.717, 1.165) is 6.61 Å². The van der Waals surface area contributed by atoms with Crippen LogP contribution >= 0.6 is 28.5 Å². The number of hydrogen-bond donors (Lipinski definition) is 0. The van der Waals surface area contributed by atoms with Gasteiger partial charge in [0, 0.05) is 5.41 Å². The maximum Gasteiger partial charge on any atom is 0.0793 e. The highest BCUT2D eigenvalue weighted by atomic mass is 127. The molecule has 0 aromatic rings. The topological polar surface area (TPSA) is 9.23 Å². The van der Waals surface area contributed by atoms with Gasteiger partial charge in [-0.2, -0.15) is 0 Å². The number of halogens is 1. The van der Waals surface area contributed by atoms with Crippen LogP contribution in [-0.2, 0) is 4.52 Å². The second-order valence-corrected chi connectivity index (χ2v) is 6.54. The van der Waals surface area contributed by atoms with E-state index in [4.69, 9.17) is 10.9 Å². The van der Waals surface area contributed by atoms with Crippen LogP contribution in [0.25, 0.3) is 0 Å². The predicted octanol–water partition coefficient (Wildman–Crippen LogP) is 3.92. The Morgan fingerprint density at radius 1 is 1.36 bits per heavy atom. The lowest BCUT2D eigenvalue weighted by molar-refractivity contribution is 0.214. The lowest BCUT2D eigenvalue weighted by Crippen LogP contribution is -2.15. The molecule has 3 heteroatoms. The monoisotopic (exact) mass is 322 g/mol. The molecule has 0 aliphatic heterocycles. The Balaban J connectivity index is 1.91. The molecule has 0 N–H and O–H groups in total. The largest absolute Gasteiger partial charge is 0.352 e. The molecule has 0 radical (unpaired) electrons. The summed E-state index contributed by atoms with van der Waals surface area (Å²) < 4.78 is 5.47. The van der Waals surface area contributed by atoms with Gasteiger partial charge in [-0.25, -0.2) is 0 Å². The van der Waals surface area contributed by atoms with Crippen LogP contribution in [0, 0.1) is 23.2 Å². The van der Waals surface area contributed by atoms with Gasteiger partial charge in [0.15, 0.2) is 0 Å². The standard InChI is InChI=1S/C11H16IOP/c1-2-10-3-5-11(9-10,6-4-10)7-8-13-14-12/h1,14H,3-9H2. The van der Waals surface area contributed by atoms with Gasteiger partial charge in [0.2, 0.25) is 0 Å². The second kappa shape index (κ2) is 4.28. The molecular formula is C11H16IOP. The smallest absolute Gasteiger partial charge is 0.0793 e. The molecule has 1 unspecified atom stereocenters. The predicted molar refractivity (Wildman–Crippen MR) is 69.7 cm³/mol. The summed E-state index contributed by atoms with van der Waals surface area (Å²) in [6.07, 6.45) is 13.3. The Hall–Kier alpha value is 0.680. The minimum absolute atomic E-state index is 0.284. The van der Waals surface area contributed by atoms with Crippen LogP contribution in [-0.4, -0.2) is 6.61 Å². The molecule has 0 heterocycles. The third-order valence-electron chi connectivity index (χ3n) is 4.08. The normalized spacial score (nSPS) is 40.9. The molecule has 2 fully saturated rings. The molecule has 0 saturated heterocycles. The zero-order valence-electron chi connectivity index (χ0n) is 8.31. The van der Waals surface area contributed by atoms with Crippen molar-refractivity contribution in [2.75, 3.05) is 6.61 Å². The molecule has 1 nitrogen and oxygen atoms in total. The van der Waals surface area contributed by atoms with E-state index >= 15 is 0 Å². The van der Waals surface area contributed by atoms with Crippen molar-refractivity contribution in [1.29, 1.82) is 0 Å². The van der Waals surface area contributed by atoms with Gasteiger partial charge in [0.05, 0.1) is 13.1 Å². The first-order valence-corrected chi connectivity index (χ1v) is 9.22. The molecule has 2 aliphatic carbocycles. The fraction of sp³-hybridized carbons (Fsp3) is 0.818. The first-order valence-electron chi connectivity index (χ1n) is 5.20. The van der Waals surface area contributed by atoms with E-state index in [1.165, 1.54) is 38.5 Å². The quantitative estimate of drug-likeness (QED) is 0.330. The van der Waals surface area contributed by atoms with Crippen molar-refractivity contribution in [2.24, 2.45) is 10.8 Å². The zero-order chi connectivity index (χ0) is 10.1. The molecule has 2 aliphatic rings. The summed E-state index contributed by atoms with van der Waals surface area (Å²) in [5.74, 6) is 3.04. The number of rotatable bonds is 4. The number of terminal acetylenes is 1.